The molecule has 3 aliphatic rings. The van der Waals surface area contributed by atoms with Gasteiger partial charge in [-0.1, -0.05) is 92.7 Å². The summed E-state index contributed by atoms with van der Waals surface area (Å²) in [7, 11) is 0. The van der Waals surface area contributed by atoms with Crippen LogP contribution in [0.1, 0.15) is 60.4 Å². The summed E-state index contributed by atoms with van der Waals surface area (Å²) in [5.41, 5.74) is 13.0. The van der Waals surface area contributed by atoms with Crippen LogP contribution in [0.2, 0.25) is 0 Å². The molecule has 0 fully saturated rings. The molecule has 0 heteroatoms. The molecule has 1 spiro atoms. The summed E-state index contributed by atoms with van der Waals surface area (Å²) >= 11 is 0. The number of rotatable bonds is 1. The van der Waals surface area contributed by atoms with Gasteiger partial charge in [0.2, 0.25) is 0 Å². The first-order valence-corrected chi connectivity index (χ1v) is 10.5. The van der Waals surface area contributed by atoms with Crippen molar-refractivity contribution in [2.24, 2.45) is 0 Å². The fraction of sp³-hybridized carbons (Fsp3) is 0.214. The lowest BCUT2D eigenvalue weighted by Gasteiger charge is -2.34. The van der Waals surface area contributed by atoms with Crippen LogP contribution in [0.4, 0.5) is 0 Å². The van der Waals surface area contributed by atoms with Gasteiger partial charge in [-0.05, 0) is 68.8 Å². The van der Waals surface area contributed by atoms with Gasteiger partial charge in [0.1, 0.15) is 0 Å². The van der Waals surface area contributed by atoms with E-state index in [0.717, 1.165) is 12.8 Å². The highest BCUT2D eigenvalue weighted by molar-refractivity contribution is 6.00. The van der Waals surface area contributed by atoms with E-state index in [9.17, 15) is 0 Å². The maximum absolute atomic E-state index is 2.53. The van der Waals surface area contributed by atoms with E-state index in [0.29, 0.717) is 5.92 Å². The monoisotopic (exact) mass is 360 g/mol. The summed E-state index contributed by atoms with van der Waals surface area (Å²) < 4.78 is 0. The molecular weight excluding hydrogens is 336 g/mol. The molecule has 0 bridgehead atoms. The van der Waals surface area contributed by atoms with E-state index in [1.165, 1.54) is 50.1 Å². The molecule has 1 atom stereocenters. The van der Waals surface area contributed by atoms with E-state index in [1.807, 2.05) is 0 Å². The predicted molar refractivity (Wildman–Crippen MR) is 118 cm³/mol. The van der Waals surface area contributed by atoms with Crippen LogP contribution in [0.3, 0.4) is 0 Å². The average Bonchev–Trinajstić information content (AvgIpc) is 3.21. The van der Waals surface area contributed by atoms with Crippen LogP contribution in [0.5, 0.6) is 0 Å². The van der Waals surface area contributed by atoms with E-state index >= 15 is 0 Å². The third-order valence-electron chi connectivity index (χ3n) is 6.89. The Hall–Kier alpha value is -2.86. The molecule has 6 rings (SSSR count). The third-order valence-corrected chi connectivity index (χ3v) is 6.89. The molecule has 0 radical (unpaired) electrons. The van der Waals surface area contributed by atoms with Crippen molar-refractivity contribution in [3.63, 3.8) is 0 Å². The van der Waals surface area contributed by atoms with Crippen LogP contribution in [0.25, 0.3) is 16.7 Å². The van der Waals surface area contributed by atoms with Crippen LogP contribution in [0.15, 0.2) is 84.5 Å². The Kier molecular flexibility index (Phi) is 3.21. The van der Waals surface area contributed by atoms with E-state index in [2.05, 4.69) is 92.7 Å². The Morgan fingerprint density at radius 2 is 1.32 bits per heavy atom. The third kappa shape index (κ3) is 1.77. The largest absolute Gasteiger partial charge is 0.0788 e. The van der Waals surface area contributed by atoms with Gasteiger partial charge in [0.15, 0.2) is 0 Å². The molecule has 0 aliphatic heterocycles. The number of hydrogen-bond donors (Lipinski definition) is 0. The Morgan fingerprint density at radius 3 is 2.11 bits per heavy atom. The van der Waals surface area contributed by atoms with E-state index in [1.54, 1.807) is 0 Å². The summed E-state index contributed by atoms with van der Waals surface area (Å²) in [6, 6.07) is 25.1. The second kappa shape index (κ2) is 5.58. The molecular formula is C28H24. The fourth-order valence-corrected chi connectivity index (χ4v) is 5.91. The maximum atomic E-state index is 2.53. The maximum Gasteiger partial charge on any atom is 0.0725 e. The lowest BCUT2D eigenvalue weighted by atomic mass is 9.67. The topological polar surface area (TPSA) is 0 Å². The Balaban J connectivity index is 1.85. The molecule has 0 amide bonds. The molecule has 3 aromatic carbocycles. The van der Waals surface area contributed by atoms with E-state index in [4.69, 9.17) is 0 Å². The summed E-state index contributed by atoms with van der Waals surface area (Å²) in [5.74, 6) is 0.491. The smallest absolute Gasteiger partial charge is 0.0725 e. The molecule has 0 nitrogen and oxygen atoms in total. The fourth-order valence-electron chi connectivity index (χ4n) is 5.91. The van der Waals surface area contributed by atoms with Gasteiger partial charge >= 0.3 is 0 Å². The molecule has 0 heterocycles. The van der Waals surface area contributed by atoms with E-state index in [-0.39, 0.29) is 5.41 Å². The zero-order valence-electron chi connectivity index (χ0n) is 16.5. The minimum Gasteiger partial charge on any atom is -0.0788 e. The number of allylic oxidation sites excluding steroid dienone is 4. The van der Waals surface area contributed by atoms with Crippen molar-refractivity contribution in [3.8, 4) is 11.1 Å². The summed E-state index contributed by atoms with van der Waals surface area (Å²) in [5, 5.41) is 0. The van der Waals surface area contributed by atoms with Crippen LogP contribution in [0, 0.1) is 0 Å². The van der Waals surface area contributed by atoms with Crippen LogP contribution in [-0.4, -0.2) is 0 Å². The number of benzene rings is 3. The van der Waals surface area contributed by atoms with Crippen molar-refractivity contribution >= 4 is 5.57 Å². The zero-order chi connectivity index (χ0) is 18.9. The molecule has 0 saturated heterocycles. The van der Waals surface area contributed by atoms with Gasteiger partial charge < -0.3 is 0 Å². The first-order chi connectivity index (χ1) is 13.7. The molecule has 0 aromatic heterocycles. The van der Waals surface area contributed by atoms with Crippen molar-refractivity contribution in [2.45, 2.75) is 38.0 Å². The normalized spacial score (nSPS) is 21.1. The summed E-state index contributed by atoms with van der Waals surface area (Å²) in [4.78, 5) is 0. The Bertz CT molecular complexity index is 1190. The minimum absolute atomic E-state index is 0.157. The summed E-state index contributed by atoms with van der Waals surface area (Å²) in [6.07, 6.45) is 7.28. The van der Waals surface area contributed by atoms with Gasteiger partial charge in [-0.15, -0.1) is 0 Å². The van der Waals surface area contributed by atoms with Crippen molar-refractivity contribution in [3.05, 3.63) is 112 Å². The number of fused-ring (bicyclic) bond motifs is 10. The SMILES string of the molecule is CC(C)c1cccc2c1C1(C3=CCCC=C3c3ccccc31)c1ccccc1-2. The second-order valence-corrected chi connectivity index (χ2v) is 8.58. The lowest BCUT2D eigenvalue weighted by molar-refractivity contribution is 0.744. The Morgan fingerprint density at radius 1 is 0.679 bits per heavy atom. The highest BCUT2D eigenvalue weighted by Gasteiger charge is 2.54. The first-order valence-electron chi connectivity index (χ1n) is 10.5. The number of hydrogen-bond acceptors (Lipinski definition) is 0. The summed E-state index contributed by atoms with van der Waals surface area (Å²) in [6.45, 7) is 4.66. The Labute approximate surface area is 167 Å². The van der Waals surface area contributed by atoms with Gasteiger partial charge in [0.25, 0.3) is 0 Å². The molecule has 1 unspecified atom stereocenters. The highest BCUT2D eigenvalue weighted by atomic mass is 14.5. The van der Waals surface area contributed by atoms with Crippen LogP contribution in [-0.2, 0) is 5.41 Å². The van der Waals surface area contributed by atoms with Gasteiger partial charge in [0, 0.05) is 0 Å². The van der Waals surface area contributed by atoms with Gasteiger partial charge in [0.05, 0.1) is 5.41 Å². The van der Waals surface area contributed by atoms with Crippen LogP contribution < -0.4 is 0 Å². The highest BCUT2D eigenvalue weighted by Crippen LogP contribution is 2.65. The van der Waals surface area contributed by atoms with Gasteiger partial charge in [-0.3, -0.25) is 0 Å². The van der Waals surface area contributed by atoms with Crippen molar-refractivity contribution < 1.29 is 0 Å². The van der Waals surface area contributed by atoms with Gasteiger partial charge in [-0.2, -0.15) is 0 Å². The first kappa shape index (κ1) is 16.1. The molecule has 136 valence electrons. The standard InChI is InChI=1S/C28H24/c1-18(2)19-13-9-14-23-22-12-5-8-17-26(22)28(27(19)23)24-15-6-3-10-20(24)21-11-4-7-16-25(21)28/h3,5-6,8-18H,4,7H2,1-2H3. The molecule has 3 aromatic rings. The van der Waals surface area contributed by atoms with Crippen molar-refractivity contribution in [1.29, 1.82) is 0 Å². The quantitative estimate of drug-likeness (QED) is 0.429. The molecule has 3 aliphatic carbocycles. The second-order valence-electron chi connectivity index (χ2n) is 8.58. The lowest BCUT2D eigenvalue weighted by Crippen LogP contribution is -2.28. The molecule has 0 N–H and O–H groups in total. The van der Waals surface area contributed by atoms with Gasteiger partial charge in [-0.25, -0.2) is 0 Å². The molecule has 28 heavy (non-hydrogen) atoms. The minimum atomic E-state index is -0.157. The average molecular weight is 361 g/mol. The van der Waals surface area contributed by atoms with Crippen molar-refractivity contribution in [1.82, 2.24) is 0 Å². The van der Waals surface area contributed by atoms with Crippen LogP contribution >= 0.6 is 0 Å². The van der Waals surface area contributed by atoms with Crippen molar-refractivity contribution in [2.75, 3.05) is 0 Å². The predicted octanol–water partition coefficient (Wildman–Crippen LogP) is 7.24. The van der Waals surface area contributed by atoms with E-state index < -0.39 is 0 Å². The molecule has 0 saturated carbocycles. The zero-order valence-corrected chi connectivity index (χ0v) is 16.5.